The van der Waals surface area contributed by atoms with Crippen molar-refractivity contribution in [3.05, 3.63) is 66.0 Å². The average molecular weight is 343 g/mol. The standard InChI is InChI=1S/C16H14FN5OS/c17-11-6-8-12(9-7-11)19-14(23)13(10-4-2-1-3-5-10)24-16-20-15(18)21-22-16/h1-9,13H,(H,19,23)(H3,18,20,21,22). The predicted octanol–water partition coefficient (Wildman–Crippen LogP) is 3.00. The molecule has 122 valence electrons. The Bertz CT molecular complexity index is 822. The highest BCUT2D eigenvalue weighted by Crippen LogP contribution is 2.34. The number of aromatic amines is 1. The molecule has 2 aromatic carbocycles. The normalized spacial score (nSPS) is 11.9. The monoisotopic (exact) mass is 343 g/mol. The molecule has 6 nitrogen and oxygen atoms in total. The molecule has 0 saturated heterocycles. The number of H-pyrrole nitrogens is 1. The molecule has 3 aromatic rings. The Labute approximate surface area is 141 Å². The fourth-order valence-corrected chi connectivity index (χ4v) is 2.98. The molecule has 0 saturated carbocycles. The van der Waals surface area contributed by atoms with Crippen molar-refractivity contribution >= 4 is 29.3 Å². The van der Waals surface area contributed by atoms with Gasteiger partial charge in [0.1, 0.15) is 11.1 Å². The van der Waals surface area contributed by atoms with Crippen molar-refractivity contribution in [2.75, 3.05) is 11.1 Å². The van der Waals surface area contributed by atoms with E-state index in [-0.39, 0.29) is 17.7 Å². The summed E-state index contributed by atoms with van der Waals surface area (Å²) in [6.07, 6.45) is 0. The van der Waals surface area contributed by atoms with Gasteiger partial charge in [0, 0.05) is 5.69 Å². The minimum absolute atomic E-state index is 0.184. The molecular weight excluding hydrogens is 329 g/mol. The first kappa shape index (κ1) is 16.0. The summed E-state index contributed by atoms with van der Waals surface area (Å²) in [4.78, 5) is 16.7. The molecule has 3 rings (SSSR count). The number of amides is 1. The number of rotatable bonds is 5. The molecule has 24 heavy (non-hydrogen) atoms. The van der Waals surface area contributed by atoms with Gasteiger partial charge in [0.15, 0.2) is 0 Å². The van der Waals surface area contributed by atoms with Crippen LogP contribution in [0.2, 0.25) is 0 Å². The van der Waals surface area contributed by atoms with Crippen LogP contribution in [-0.2, 0) is 4.79 Å². The van der Waals surface area contributed by atoms with E-state index in [2.05, 4.69) is 20.5 Å². The third-order valence-corrected chi connectivity index (χ3v) is 4.27. The maximum Gasteiger partial charge on any atom is 0.242 e. The Balaban J connectivity index is 1.83. The van der Waals surface area contributed by atoms with E-state index in [4.69, 9.17) is 5.73 Å². The summed E-state index contributed by atoms with van der Waals surface area (Å²) in [5.41, 5.74) is 6.84. The summed E-state index contributed by atoms with van der Waals surface area (Å²) in [5.74, 6) is -0.442. The molecule has 0 aliphatic rings. The van der Waals surface area contributed by atoms with Crippen molar-refractivity contribution in [1.29, 1.82) is 0 Å². The van der Waals surface area contributed by atoms with Crippen molar-refractivity contribution in [2.24, 2.45) is 0 Å². The van der Waals surface area contributed by atoms with Crippen LogP contribution in [0.25, 0.3) is 0 Å². The van der Waals surface area contributed by atoms with Gasteiger partial charge in [-0.2, -0.15) is 4.98 Å². The highest BCUT2D eigenvalue weighted by Gasteiger charge is 2.24. The SMILES string of the molecule is Nc1nc(SC(C(=O)Nc2ccc(F)cc2)c2ccccc2)n[nH]1. The van der Waals surface area contributed by atoms with Crippen LogP contribution in [0.1, 0.15) is 10.8 Å². The van der Waals surface area contributed by atoms with E-state index in [1.165, 1.54) is 36.0 Å². The number of nitrogens with two attached hydrogens (primary N) is 1. The number of nitrogens with one attached hydrogen (secondary N) is 2. The Morgan fingerprint density at radius 2 is 1.88 bits per heavy atom. The van der Waals surface area contributed by atoms with E-state index < -0.39 is 5.25 Å². The molecule has 4 N–H and O–H groups in total. The lowest BCUT2D eigenvalue weighted by molar-refractivity contribution is -0.115. The van der Waals surface area contributed by atoms with E-state index in [0.717, 1.165) is 5.56 Å². The van der Waals surface area contributed by atoms with Gasteiger partial charge in [-0.3, -0.25) is 4.79 Å². The van der Waals surface area contributed by atoms with Crippen LogP contribution < -0.4 is 11.1 Å². The summed E-state index contributed by atoms with van der Waals surface area (Å²) in [7, 11) is 0. The number of anilines is 2. The average Bonchev–Trinajstić information content (AvgIpc) is 3.00. The lowest BCUT2D eigenvalue weighted by Crippen LogP contribution is -2.19. The highest BCUT2D eigenvalue weighted by atomic mass is 32.2. The number of benzene rings is 2. The molecule has 0 aliphatic carbocycles. The second kappa shape index (κ2) is 7.14. The van der Waals surface area contributed by atoms with Crippen LogP contribution in [0.3, 0.4) is 0 Å². The number of carbonyl (C=O) groups is 1. The Kier molecular flexibility index (Phi) is 4.76. The van der Waals surface area contributed by atoms with Crippen LogP contribution in [-0.4, -0.2) is 21.1 Å². The third kappa shape index (κ3) is 3.90. The van der Waals surface area contributed by atoms with Gasteiger partial charge >= 0.3 is 0 Å². The zero-order chi connectivity index (χ0) is 16.9. The fourth-order valence-electron chi connectivity index (χ4n) is 2.06. The van der Waals surface area contributed by atoms with Gasteiger partial charge in [0.05, 0.1) is 0 Å². The number of thioether (sulfide) groups is 1. The molecule has 0 fully saturated rings. The molecule has 8 heteroatoms. The quantitative estimate of drug-likeness (QED) is 0.619. The maximum absolute atomic E-state index is 13.0. The molecule has 1 unspecified atom stereocenters. The van der Waals surface area contributed by atoms with Crippen LogP contribution >= 0.6 is 11.8 Å². The van der Waals surface area contributed by atoms with E-state index in [9.17, 15) is 9.18 Å². The zero-order valence-corrected chi connectivity index (χ0v) is 13.3. The first-order valence-electron chi connectivity index (χ1n) is 7.08. The summed E-state index contributed by atoms with van der Waals surface area (Å²) < 4.78 is 13.0. The molecule has 0 spiro atoms. The van der Waals surface area contributed by atoms with Gasteiger partial charge in [-0.25, -0.2) is 9.49 Å². The number of halogens is 1. The lowest BCUT2D eigenvalue weighted by Gasteiger charge is -2.15. The number of hydrogen-bond donors (Lipinski definition) is 3. The van der Waals surface area contributed by atoms with Gasteiger partial charge in [0.2, 0.25) is 17.0 Å². The topological polar surface area (TPSA) is 96.7 Å². The van der Waals surface area contributed by atoms with Crippen molar-refractivity contribution in [1.82, 2.24) is 15.2 Å². The van der Waals surface area contributed by atoms with Gasteiger partial charge < -0.3 is 11.1 Å². The largest absolute Gasteiger partial charge is 0.368 e. The van der Waals surface area contributed by atoms with Crippen molar-refractivity contribution in [3.8, 4) is 0 Å². The van der Waals surface area contributed by atoms with Crippen LogP contribution in [0, 0.1) is 5.82 Å². The molecule has 1 aromatic heterocycles. The summed E-state index contributed by atoms with van der Waals surface area (Å²) in [5, 5.41) is 9.06. The van der Waals surface area contributed by atoms with Gasteiger partial charge in [-0.1, -0.05) is 42.1 Å². The van der Waals surface area contributed by atoms with Crippen LogP contribution in [0.5, 0.6) is 0 Å². The lowest BCUT2D eigenvalue weighted by atomic mass is 10.1. The Morgan fingerprint density at radius 3 is 2.50 bits per heavy atom. The Morgan fingerprint density at radius 1 is 1.17 bits per heavy atom. The molecule has 0 bridgehead atoms. The zero-order valence-electron chi connectivity index (χ0n) is 12.4. The summed E-state index contributed by atoms with van der Waals surface area (Å²) in [6, 6.07) is 14.8. The minimum Gasteiger partial charge on any atom is -0.368 e. The number of nitrogen functional groups attached to an aromatic ring is 1. The van der Waals surface area contributed by atoms with Crippen LogP contribution in [0.15, 0.2) is 59.8 Å². The molecule has 1 heterocycles. The van der Waals surface area contributed by atoms with E-state index in [0.29, 0.717) is 10.8 Å². The van der Waals surface area contributed by atoms with Crippen molar-refractivity contribution < 1.29 is 9.18 Å². The van der Waals surface area contributed by atoms with Crippen molar-refractivity contribution in [2.45, 2.75) is 10.4 Å². The minimum atomic E-state index is -0.577. The highest BCUT2D eigenvalue weighted by molar-refractivity contribution is 8.00. The molecular formula is C16H14FN5OS. The summed E-state index contributed by atoms with van der Waals surface area (Å²) in [6.45, 7) is 0. The number of carbonyl (C=O) groups excluding carboxylic acids is 1. The van der Waals surface area contributed by atoms with Gasteiger partial charge in [-0.05, 0) is 29.8 Å². The number of nitrogens with zero attached hydrogens (tertiary/aromatic N) is 2. The number of aromatic nitrogens is 3. The second-order valence-corrected chi connectivity index (χ2v) is 5.98. The van der Waals surface area contributed by atoms with E-state index >= 15 is 0 Å². The smallest absolute Gasteiger partial charge is 0.242 e. The molecule has 1 atom stereocenters. The molecule has 0 radical (unpaired) electrons. The van der Waals surface area contributed by atoms with Gasteiger partial charge in [-0.15, -0.1) is 5.10 Å². The van der Waals surface area contributed by atoms with E-state index in [1.807, 2.05) is 30.3 Å². The van der Waals surface area contributed by atoms with Gasteiger partial charge in [0.25, 0.3) is 0 Å². The fraction of sp³-hybridized carbons (Fsp3) is 0.0625. The summed E-state index contributed by atoms with van der Waals surface area (Å²) >= 11 is 1.17. The predicted molar refractivity (Wildman–Crippen MR) is 90.9 cm³/mol. The molecule has 1 amide bonds. The molecule has 0 aliphatic heterocycles. The van der Waals surface area contributed by atoms with Crippen LogP contribution in [0.4, 0.5) is 16.0 Å². The first-order chi connectivity index (χ1) is 11.6. The second-order valence-electron chi connectivity index (χ2n) is 4.91. The first-order valence-corrected chi connectivity index (χ1v) is 7.96. The number of hydrogen-bond acceptors (Lipinski definition) is 5. The third-order valence-electron chi connectivity index (χ3n) is 3.16. The van der Waals surface area contributed by atoms with E-state index in [1.54, 1.807) is 0 Å². The Hall–Kier alpha value is -2.87. The van der Waals surface area contributed by atoms with Crippen molar-refractivity contribution in [3.63, 3.8) is 0 Å². The maximum atomic E-state index is 13.0.